The predicted octanol–water partition coefficient (Wildman–Crippen LogP) is 3.94. The van der Waals surface area contributed by atoms with E-state index in [0.717, 1.165) is 30.2 Å². The molecule has 1 fully saturated rings. The number of ketones is 1. The summed E-state index contributed by atoms with van der Waals surface area (Å²) in [4.78, 5) is 17.9. The molecule has 1 aromatic heterocycles. The number of anilines is 1. The molecule has 1 aliphatic carbocycles. The van der Waals surface area contributed by atoms with E-state index in [4.69, 9.17) is 9.47 Å². The van der Waals surface area contributed by atoms with Gasteiger partial charge in [0.05, 0.1) is 17.4 Å². The van der Waals surface area contributed by atoms with E-state index in [2.05, 4.69) is 9.71 Å². The highest BCUT2D eigenvalue weighted by atomic mass is 32.2. The molecule has 0 atom stereocenters. The number of pyridine rings is 1. The molecule has 0 amide bonds. The Bertz CT molecular complexity index is 1320. The average molecular weight is 453 g/mol. The molecule has 1 N–H and O–H groups in total. The first kappa shape index (κ1) is 20.5. The summed E-state index contributed by atoms with van der Waals surface area (Å²) >= 11 is 0. The number of nitrogens with one attached hydrogen (secondary N) is 1. The van der Waals surface area contributed by atoms with Gasteiger partial charge in [-0.25, -0.2) is 8.42 Å². The standard InChI is InChI=1S/C24H22N2O5S.H2/c1-32(28,29)26-19-6-2-4-16(12-19)20-7-3-5-18(25-20)14-23(27)24(10-11-24)17-8-9-21-22(13-17)31-15-30-21;/h2-9,12-13,26H,10-11,14-15H2,1H3;1H. The zero-order valence-corrected chi connectivity index (χ0v) is 18.3. The zero-order valence-electron chi connectivity index (χ0n) is 17.5. The van der Waals surface area contributed by atoms with Crippen LogP contribution in [0.5, 0.6) is 11.5 Å². The van der Waals surface area contributed by atoms with Crippen molar-refractivity contribution in [1.82, 2.24) is 4.98 Å². The van der Waals surface area contributed by atoms with E-state index in [1.807, 2.05) is 42.5 Å². The first-order valence-corrected chi connectivity index (χ1v) is 12.2. The molecule has 0 bridgehead atoms. The maximum atomic E-state index is 13.3. The molecule has 2 heterocycles. The molecule has 0 unspecified atom stereocenters. The van der Waals surface area contributed by atoms with Gasteiger partial charge in [0.25, 0.3) is 0 Å². The van der Waals surface area contributed by atoms with Gasteiger partial charge in [-0.1, -0.05) is 24.3 Å². The van der Waals surface area contributed by atoms with Gasteiger partial charge >= 0.3 is 0 Å². The minimum Gasteiger partial charge on any atom is -0.454 e. The molecule has 1 saturated carbocycles. The van der Waals surface area contributed by atoms with E-state index in [-0.39, 0.29) is 20.4 Å². The van der Waals surface area contributed by atoms with Gasteiger partial charge in [0.1, 0.15) is 5.78 Å². The summed E-state index contributed by atoms with van der Waals surface area (Å²) in [5.41, 5.74) is 3.07. The van der Waals surface area contributed by atoms with Crippen LogP contribution in [0, 0.1) is 0 Å². The fourth-order valence-corrected chi connectivity index (χ4v) is 4.63. The van der Waals surface area contributed by atoms with Gasteiger partial charge < -0.3 is 9.47 Å². The number of nitrogens with zero attached hydrogens (tertiary/aromatic N) is 1. The predicted molar refractivity (Wildman–Crippen MR) is 122 cm³/mol. The van der Waals surface area contributed by atoms with Crippen molar-refractivity contribution in [3.05, 3.63) is 71.9 Å². The van der Waals surface area contributed by atoms with Gasteiger partial charge in [-0.2, -0.15) is 0 Å². The summed E-state index contributed by atoms with van der Waals surface area (Å²) in [7, 11) is -3.37. The molecular formula is C24H24N2O5S. The van der Waals surface area contributed by atoms with Crippen molar-refractivity contribution in [2.75, 3.05) is 17.8 Å². The van der Waals surface area contributed by atoms with Crippen LogP contribution in [-0.2, 0) is 26.7 Å². The van der Waals surface area contributed by atoms with Gasteiger partial charge in [0.2, 0.25) is 16.8 Å². The number of fused-ring (bicyclic) bond motifs is 1. The lowest BCUT2D eigenvalue weighted by Crippen LogP contribution is -2.23. The number of benzene rings is 2. The van der Waals surface area contributed by atoms with Crippen LogP contribution in [0.2, 0.25) is 0 Å². The van der Waals surface area contributed by atoms with Crippen molar-refractivity contribution in [2.45, 2.75) is 24.7 Å². The summed E-state index contributed by atoms with van der Waals surface area (Å²) in [6, 6.07) is 18.3. The molecule has 0 saturated heterocycles. The highest BCUT2D eigenvalue weighted by molar-refractivity contribution is 7.92. The third-order valence-corrected chi connectivity index (χ3v) is 6.43. The fourth-order valence-electron chi connectivity index (χ4n) is 4.08. The Morgan fingerprint density at radius 2 is 1.84 bits per heavy atom. The van der Waals surface area contributed by atoms with Crippen molar-refractivity contribution in [2.24, 2.45) is 0 Å². The highest BCUT2D eigenvalue weighted by Gasteiger charge is 2.50. The molecule has 0 spiro atoms. The van der Waals surface area contributed by atoms with Crippen LogP contribution in [0.4, 0.5) is 5.69 Å². The number of aromatic nitrogens is 1. The van der Waals surface area contributed by atoms with Crippen molar-refractivity contribution < 1.29 is 24.1 Å². The van der Waals surface area contributed by atoms with Gasteiger partial charge in [-0.05, 0) is 54.8 Å². The van der Waals surface area contributed by atoms with Crippen LogP contribution in [0.15, 0.2) is 60.7 Å². The molecule has 3 aromatic rings. The van der Waals surface area contributed by atoms with Crippen molar-refractivity contribution >= 4 is 21.5 Å². The molecule has 8 heteroatoms. The Morgan fingerprint density at radius 3 is 2.62 bits per heavy atom. The Labute approximate surface area is 187 Å². The quantitative estimate of drug-likeness (QED) is 0.584. The highest BCUT2D eigenvalue weighted by Crippen LogP contribution is 2.51. The van der Waals surface area contributed by atoms with Crippen LogP contribution in [0.25, 0.3) is 11.3 Å². The van der Waals surface area contributed by atoms with Gasteiger partial charge in [0.15, 0.2) is 11.5 Å². The van der Waals surface area contributed by atoms with E-state index < -0.39 is 15.4 Å². The number of carbonyl (C=O) groups is 1. The van der Waals surface area contributed by atoms with Crippen molar-refractivity contribution in [3.8, 4) is 22.8 Å². The van der Waals surface area contributed by atoms with E-state index in [1.165, 1.54) is 0 Å². The van der Waals surface area contributed by atoms with Crippen LogP contribution >= 0.6 is 0 Å². The Hall–Kier alpha value is -3.39. The van der Waals surface area contributed by atoms with Gasteiger partial charge in [-0.3, -0.25) is 14.5 Å². The maximum absolute atomic E-state index is 13.3. The number of Topliss-reactive ketones (excluding diaryl/α,β-unsaturated/α-hetero) is 1. The molecule has 166 valence electrons. The largest absolute Gasteiger partial charge is 0.454 e. The van der Waals surface area contributed by atoms with Crippen LogP contribution in [-0.4, -0.2) is 32.2 Å². The average Bonchev–Trinajstić information content (AvgIpc) is 3.44. The number of hydrogen-bond acceptors (Lipinski definition) is 6. The second-order valence-electron chi connectivity index (χ2n) is 8.22. The lowest BCUT2D eigenvalue weighted by molar-refractivity contribution is -0.120. The maximum Gasteiger partial charge on any atom is 0.231 e. The molecule has 5 rings (SSSR count). The van der Waals surface area contributed by atoms with E-state index in [0.29, 0.717) is 28.6 Å². The molecule has 0 radical (unpaired) electrons. The summed E-state index contributed by atoms with van der Waals surface area (Å²) in [6.45, 7) is 0.206. The van der Waals surface area contributed by atoms with Crippen LogP contribution in [0.3, 0.4) is 0 Å². The second kappa shape index (κ2) is 7.63. The monoisotopic (exact) mass is 452 g/mol. The SMILES string of the molecule is CS(=O)(=O)Nc1cccc(-c2cccc(CC(=O)C3(c4ccc5c(c4)OCO5)CC3)n2)c1.[HH]. The number of sulfonamides is 1. The number of ether oxygens (including phenoxy) is 2. The number of hydrogen-bond donors (Lipinski definition) is 1. The summed E-state index contributed by atoms with van der Waals surface area (Å²) < 4.78 is 36.4. The summed E-state index contributed by atoms with van der Waals surface area (Å²) in [5, 5.41) is 0. The molecule has 1 aliphatic heterocycles. The van der Waals surface area contributed by atoms with Gasteiger partial charge in [0, 0.05) is 24.8 Å². The van der Waals surface area contributed by atoms with Crippen molar-refractivity contribution in [3.63, 3.8) is 0 Å². The number of rotatable bonds is 7. The molecule has 2 aliphatic rings. The lowest BCUT2D eigenvalue weighted by Gasteiger charge is -2.15. The van der Waals surface area contributed by atoms with Crippen molar-refractivity contribution in [1.29, 1.82) is 0 Å². The topological polar surface area (TPSA) is 94.6 Å². The summed E-state index contributed by atoms with van der Waals surface area (Å²) in [5.74, 6) is 1.52. The fraction of sp³-hybridized carbons (Fsp3) is 0.250. The third kappa shape index (κ3) is 4.05. The Kier molecular flexibility index (Phi) is 4.89. The first-order chi connectivity index (χ1) is 15.3. The smallest absolute Gasteiger partial charge is 0.231 e. The second-order valence-corrected chi connectivity index (χ2v) is 9.97. The Morgan fingerprint density at radius 1 is 1.06 bits per heavy atom. The van der Waals surface area contributed by atoms with E-state index in [1.54, 1.807) is 18.2 Å². The van der Waals surface area contributed by atoms with E-state index >= 15 is 0 Å². The molecule has 32 heavy (non-hydrogen) atoms. The molecular weight excluding hydrogens is 428 g/mol. The first-order valence-electron chi connectivity index (χ1n) is 10.3. The van der Waals surface area contributed by atoms with Crippen LogP contribution in [0.1, 0.15) is 25.5 Å². The molecule has 2 aromatic carbocycles. The summed E-state index contributed by atoms with van der Waals surface area (Å²) in [6.07, 6.45) is 2.95. The number of carbonyl (C=O) groups excluding carboxylic acids is 1. The minimum atomic E-state index is -3.37. The molecule has 7 nitrogen and oxygen atoms in total. The minimum absolute atomic E-state index is 0. The Balaban J connectivity index is 0.00000259. The lowest BCUT2D eigenvalue weighted by atomic mass is 9.88. The normalized spacial score (nSPS) is 15.9. The van der Waals surface area contributed by atoms with Crippen LogP contribution < -0.4 is 14.2 Å². The zero-order chi connectivity index (χ0) is 22.3. The van der Waals surface area contributed by atoms with E-state index in [9.17, 15) is 13.2 Å². The third-order valence-electron chi connectivity index (χ3n) is 5.82. The van der Waals surface area contributed by atoms with Gasteiger partial charge in [-0.15, -0.1) is 0 Å².